The lowest BCUT2D eigenvalue weighted by Gasteiger charge is -2.09. The fourth-order valence-corrected chi connectivity index (χ4v) is 11.7. The van der Waals surface area contributed by atoms with Gasteiger partial charge in [0.2, 0.25) is 0 Å². The van der Waals surface area contributed by atoms with E-state index < -0.39 is 0 Å². The molecule has 0 unspecified atom stereocenters. The van der Waals surface area contributed by atoms with E-state index >= 15 is 0 Å². The van der Waals surface area contributed by atoms with Crippen LogP contribution in [0.5, 0.6) is 0 Å². The van der Waals surface area contributed by atoms with Crippen LogP contribution in [0.3, 0.4) is 0 Å². The molecule has 0 aliphatic carbocycles. The maximum Gasteiger partial charge on any atom is 0.159 e. The van der Waals surface area contributed by atoms with Crippen LogP contribution in [0.25, 0.3) is 155 Å². The first-order valence-electron chi connectivity index (χ1n) is 25.4. The maximum absolute atomic E-state index is 7.27. The number of nitrogens with zero attached hydrogens (tertiary/aromatic N) is 6. The molecule has 16 aromatic rings. The fourth-order valence-electron chi connectivity index (χ4n) is 11.7. The normalized spacial score (nSPS) is 11.9. The Labute approximate surface area is 434 Å². The summed E-state index contributed by atoms with van der Waals surface area (Å²) in [7, 11) is 0. The van der Waals surface area contributed by atoms with Crippen LogP contribution in [-0.4, -0.2) is 29.1 Å². The molecule has 16 rings (SSSR count). The molecule has 8 aromatic carbocycles. The monoisotopic (exact) mass is 972 g/mol. The maximum atomic E-state index is 7.27. The van der Waals surface area contributed by atoms with Gasteiger partial charge >= 0.3 is 0 Å². The van der Waals surface area contributed by atoms with Crippen LogP contribution in [-0.2, 0) is 0 Å². The van der Waals surface area contributed by atoms with Gasteiger partial charge in [-0.3, -0.25) is 19.9 Å². The van der Waals surface area contributed by atoms with Crippen molar-refractivity contribution in [2.45, 2.75) is 0 Å². The third-order valence-corrected chi connectivity index (χ3v) is 15.2. The molecular formula is C68H40N6O2. The number of fused-ring (bicyclic) bond motifs is 12. The van der Waals surface area contributed by atoms with Crippen molar-refractivity contribution in [3.05, 3.63) is 243 Å². The summed E-state index contributed by atoms with van der Waals surface area (Å²) in [5.41, 5.74) is 19.1. The molecule has 0 saturated carbocycles. The molecule has 0 aliphatic rings. The number of benzene rings is 8. The average molecular weight is 973 g/mol. The minimum atomic E-state index is 0.795. The first kappa shape index (κ1) is 42.1. The smallest absolute Gasteiger partial charge is 0.159 e. The second-order valence-electron chi connectivity index (χ2n) is 19.3. The van der Waals surface area contributed by atoms with Crippen LogP contribution in [0.1, 0.15) is 0 Å². The Morgan fingerprint density at radius 1 is 0.250 bits per heavy atom. The molecule has 8 heterocycles. The molecule has 0 saturated heterocycles. The van der Waals surface area contributed by atoms with E-state index in [1.807, 2.05) is 73.3 Å². The van der Waals surface area contributed by atoms with E-state index in [1.165, 1.54) is 0 Å². The van der Waals surface area contributed by atoms with Gasteiger partial charge in [-0.1, -0.05) is 109 Å². The highest BCUT2D eigenvalue weighted by molar-refractivity contribution is 6.19. The molecule has 76 heavy (non-hydrogen) atoms. The van der Waals surface area contributed by atoms with Gasteiger partial charge in [0, 0.05) is 101 Å². The predicted octanol–water partition coefficient (Wildman–Crippen LogP) is 17.6. The van der Waals surface area contributed by atoms with Crippen molar-refractivity contribution >= 4 is 87.5 Å². The van der Waals surface area contributed by atoms with Gasteiger partial charge in [0.25, 0.3) is 0 Å². The largest absolute Gasteiger partial charge is 0.453 e. The van der Waals surface area contributed by atoms with Gasteiger partial charge in [-0.15, -0.1) is 0 Å². The Kier molecular flexibility index (Phi) is 9.17. The number of aromatic nitrogens is 6. The van der Waals surface area contributed by atoms with Crippen molar-refractivity contribution in [3.8, 4) is 67.5 Å². The fraction of sp³-hybridized carbons (Fsp3) is 0. The van der Waals surface area contributed by atoms with Crippen molar-refractivity contribution in [3.63, 3.8) is 0 Å². The van der Waals surface area contributed by atoms with E-state index in [0.717, 1.165) is 155 Å². The van der Waals surface area contributed by atoms with Gasteiger partial charge in [0.1, 0.15) is 11.2 Å². The quantitative estimate of drug-likeness (QED) is 0.158. The predicted molar refractivity (Wildman–Crippen MR) is 308 cm³/mol. The van der Waals surface area contributed by atoms with Crippen LogP contribution < -0.4 is 0 Å². The first-order chi connectivity index (χ1) is 37.7. The van der Waals surface area contributed by atoms with Crippen molar-refractivity contribution in [2.24, 2.45) is 0 Å². The SMILES string of the molecule is c1ccc(-c2ccc3c(c2)c2cc(-c4ccccn4)ccc2n3-c2cccc3c2oc2c(-c4cccc5c4oc4c(-n6c7ccc(-c8ccccn8)cc7c7cc(-c8ccccn8)ccc76)cccc45)cccc23)nc1. The highest BCUT2D eigenvalue weighted by Gasteiger charge is 2.24. The average Bonchev–Trinajstić information content (AvgIpc) is 4.26. The molecule has 0 atom stereocenters. The molecule has 354 valence electrons. The van der Waals surface area contributed by atoms with Crippen LogP contribution in [0.2, 0.25) is 0 Å². The number of hydrogen-bond donors (Lipinski definition) is 0. The summed E-state index contributed by atoms with van der Waals surface area (Å²) in [5, 5.41) is 8.58. The van der Waals surface area contributed by atoms with E-state index in [4.69, 9.17) is 28.8 Å². The lowest BCUT2D eigenvalue weighted by Crippen LogP contribution is -1.94. The third kappa shape index (κ3) is 6.37. The van der Waals surface area contributed by atoms with E-state index in [0.29, 0.717) is 0 Å². The summed E-state index contributed by atoms with van der Waals surface area (Å²) in [6.07, 6.45) is 7.38. The second kappa shape index (κ2) is 16.5. The number of pyridine rings is 4. The van der Waals surface area contributed by atoms with E-state index in [9.17, 15) is 0 Å². The summed E-state index contributed by atoms with van der Waals surface area (Å²) in [6, 6.07) is 76.5. The van der Waals surface area contributed by atoms with Crippen LogP contribution >= 0.6 is 0 Å². The minimum Gasteiger partial charge on any atom is -0.453 e. The molecule has 0 N–H and O–H groups in total. The number of hydrogen-bond acceptors (Lipinski definition) is 6. The third-order valence-electron chi connectivity index (χ3n) is 15.2. The van der Waals surface area contributed by atoms with Gasteiger partial charge in [0.05, 0.1) is 56.2 Å². The molecule has 0 fully saturated rings. The van der Waals surface area contributed by atoms with E-state index in [-0.39, 0.29) is 0 Å². The van der Waals surface area contributed by atoms with E-state index in [2.05, 4.69) is 179 Å². The lowest BCUT2D eigenvalue weighted by molar-refractivity contribution is 0.662. The molecular weight excluding hydrogens is 933 g/mol. The Morgan fingerprint density at radius 2 is 0.553 bits per heavy atom. The number of para-hydroxylation sites is 4. The van der Waals surface area contributed by atoms with Crippen molar-refractivity contribution in [1.29, 1.82) is 0 Å². The van der Waals surface area contributed by atoms with Crippen LogP contribution in [0.4, 0.5) is 0 Å². The topological polar surface area (TPSA) is 87.7 Å². The molecule has 0 radical (unpaired) electrons. The standard InChI is InChI=1S/C68H40N6O2/c1-5-33-69-55(19-1)41-25-29-59-51(37-41)52-38-42(56-20-2-6-34-70-56)26-30-60(52)73(59)63-23-11-17-49-47-15-9-13-45(65(47)75-67(49)63)46-14-10-16-48-50-18-12-24-64(68(50)76-66(46)48)74-61-31-27-43(57-21-3-7-35-71-57)39-53(61)54-40-44(28-32-62(54)74)58-22-4-8-36-72-58/h1-40H. The van der Waals surface area contributed by atoms with Crippen molar-refractivity contribution < 1.29 is 8.83 Å². The van der Waals surface area contributed by atoms with Gasteiger partial charge in [-0.25, -0.2) is 0 Å². The Balaban J connectivity index is 0.884. The minimum absolute atomic E-state index is 0.795. The van der Waals surface area contributed by atoms with Gasteiger partial charge < -0.3 is 18.0 Å². The summed E-state index contributed by atoms with van der Waals surface area (Å²) in [4.78, 5) is 18.9. The highest BCUT2D eigenvalue weighted by atomic mass is 16.3. The van der Waals surface area contributed by atoms with Crippen molar-refractivity contribution in [1.82, 2.24) is 29.1 Å². The number of rotatable bonds is 7. The zero-order valence-corrected chi connectivity index (χ0v) is 40.6. The molecule has 0 bridgehead atoms. The zero-order chi connectivity index (χ0) is 49.8. The van der Waals surface area contributed by atoms with Crippen molar-refractivity contribution in [2.75, 3.05) is 0 Å². The second-order valence-corrected chi connectivity index (χ2v) is 19.3. The molecule has 8 aromatic heterocycles. The number of furan rings is 2. The molecule has 8 heteroatoms. The zero-order valence-electron chi connectivity index (χ0n) is 40.6. The molecule has 8 nitrogen and oxygen atoms in total. The molecule has 0 aliphatic heterocycles. The Hall–Kier alpha value is -10.4. The first-order valence-corrected chi connectivity index (χ1v) is 25.4. The van der Waals surface area contributed by atoms with Crippen LogP contribution in [0, 0.1) is 0 Å². The summed E-state index contributed by atoms with van der Waals surface area (Å²) in [6.45, 7) is 0. The van der Waals surface area contributed by atoms with Gasteiger partial charge in [-0.05, 0) is 109 Å². The summed E-state index contributed by atoms with van der Waals surface area (Å²) >= 11 is 0. The summed E-state index contributed by atoms with van der Waals surface area (Å²) in [5.74, 6) is 0. The van der Waals surface area contributed by atoms with Gasteiger partial charge in [-0.2, -0.15) is 0 Å². The Morgan fingerprint density at radius 3 is 0.855 bits per heavy atom. The Bertz CT molecular complexity index is 4470. The molecule has 0 spiro atoms. The molecule has 0 amide bonds. The van der Waals surface area contributed by atoms with Gasteiger partial charge in [0.15, 0.2) is 11.2 Å². The van der Waals surface area contributed by atoms with E-state index in [1.54, 1.807) is 0 Å². The lowest BCUT2D eigenvalue weighted by atomic mass is 10.00. The highest BCUT2D eigenvalue weighted by Crippen LogP contribution is 2.46. The van der Waals surface area contributed by atoms with Crippen LogP contribution in [0.15, 0.2) is 252 Å². The summed E-state index contributed by atoms with van der Waals surface area (Å²) < 4.78 is 19.2.